The van der Waals surface area contributed by atoms with Crippen molar-refractivity contribution in [2.45, 2.75) is 38.8 Å². The van der Waals surface area contributed by atoms with Crippen molar-refractivity contribution < 1.29 is 9.53 Å². The number of aryl methyl sites for hydroxylation is 1. The van der Waals surface area contributed by atoms with Gasteiger partial charge in [0.25, 0.3) is 0 Å². The number of benzene rings is 1. The summed E-state index contributed by atoms with van der Waals surface area (Å²) in [5.74, 6) is -0.160. The van der Waals surface area contributed by atoms with Gasteiger partial charge in [-0.1, -0.05) is 31.2 Å². The Hall–Kier alpha value is -1.39. The third-order valence-corrected chi connectivity index (χ3v) is 4.10. The largest absolute Gasteiger partial charge is 0.468 e. The quantitative estimate of drug-likeness (QED) is 0.813. The van der Waals surface area contributed by atoms with E-state index < -0.39 is 0 Å². The minimum atomic E-state index is -0.196. The van der Waals surface area contributed by atoms with Crippen molar-refractivity contribution in [1.82, 2.24) is 10.2 Å². The van der Waals surface area contributed by atoms with E-state index in [1.807, 2.05) is 6.92 Å². The molecular weight excluding hydrogens is 264 g/mol. The molecule has 1 atom stereocenters. The van der Waals surface area contributed by atoms with Crippen molar-refractivity contribution in [2.75, 3.05) is 26.7 Å². The molecule has 1 aromatic rings. The average molecular weight is 290 g/mol. The van der Waals surface area contributed by atoms with Gasteiger partial charge in [-0.2, -0.15) is 0 Å². The van der Waals surface area contributed by atoms with Gasteiger partial charge in [0.1, 0.15) is 6.04 Å². The highest BCUT2D eigenvalue weighted by molar-refractivity contribution is 5.75. The van der Waals surface area contributed by atoms with Crippen LogP contribution in [0.15, 0.2) is 24.3 Å². The molecule has 1 aliphatic rings. The molecule has 0 fully saturated rings. The van der Waals surface area contributed by atoms with Gasteiger partial charge in [0.15, 0.2) is 0 Å². The van der Waals surface area contributed by atoms with E-state index in [-0.39, 0.29) is 12.0 Å². The molecule has 1 heterocycles. The molecule has 2 rings (SSSR count). The van der Waals surface area contributed by atoms with Gasteiger partial charge < -0.3 is 10.1 Å². The number of methoxy groups -OCH3 is 1. The average Bonchev–Trinajstić information content (AvgIpc) is 2.72. The number of hydrogen-bond donors (Lipinski definition) is 1. The molecule has 0 amide bonds. The minimum absolute atomic E-state index is 0.160. The zero-order valence-electron chi connectivity index (χ0n) is 13.1. The predicted molar refractivity (Wildman–Crippen MR) is 84.1 cm³/mol. The number of nitrogens with zero attached hydrogens (tertiary/aromatic N) is 1. The number of esters is 1. The van der Waals surface area contributed by atoms with Crippen molar-refractivity contribution in [3.8, 4) is 0 Å². The van der Waals surface area contributed by atoms with Gasteiger partial charge in [0, 0.05) is 13.1 Å². The van der Waals surface area contributed by atoms with Gasteiger partial charge in [-0.05, 0) is 43.5 Å². The Balaban J connectivity index is 1.92. The van der Waals surface area contributed by atoms with Crippen LogP contribution in [0.3, 0.4) is 0 Å². The Morgan fingerprint density at radius 3 is 2.86 bits per heavy atom. The minimum Gasteiger partial charge on any atom is -0.468 e. The van der Waals surface area contributed by atoms with Crippen LogP contribution in [-0.4, -0.2) is 43.7 Å². The Kier molecular flexibility index (Phi) is 6.21. The summed E-state index contributed by atoms with van der Waals surface area (Å²) >= 11 is 0. The summed E-state index contributed by atoms with van der Waals surface area (Å²) in [5, 5.41) is 3.21. The maximum atomic E-state index is 11.7. The van der Waals surface area contributed by atoms with E-state index in [2.05, 4.69) is 34.5 Å². The molecule has 21 heavy (non-hydrogen) atoms. The van der Waals surface area contributed by atoms with Gasteiger partial charge >= 0.3 is 5.97 Å². The van der Waals surface area contributed by atoms with Gasteiger partial charge in [-0.15, -0.1) is 0 Å². The first kappa shape index (κ1) is 16.0. The van der Waals surface area contributed by atoms with Gasteiger partial charge in [-0.25, -0.2) is 0 Å². The van der Waals surface area contributed by atoms with Crippen molar-refractivity contribution in [3.05, 3.63) is 35.4 Å². The van der Waals surface area contributed by atoms with Crippen LogP contribution in [0, 0.1) is 0 Å². The number of hydrogen-bond acceptors (Lipinski definition) is 4. The van der Waals surface area contributed by atoms with Gasteiger partial charge in [0.05, 0.1) is 7.11 Å². The Morgan fingerprint density at radius 1 is 1.38 bits per heavy atom. The van der Waals surface area contributed by atoms with Crippen LogP contribution < -0.4 is 5.32 Å². The summed E-state index contributed by atoms with van der Waals surface area (Å²) in [6.07, 6.45) is 3.13. The third kappa shape index (κ3) is 4.55. The van der Waals surface area contributed by atoms with Crippen LogP contribution in [0.5, 0.6) is 0 Å². The number of ether oxygens (including phenoxy) is 1. The number of carbonyl (C=O) groups is 1. The summed E-state index contributed by atoms with van der Waals surface area (Å²) < 4.78 is 4.87. The second-order valence-corrected chi connectivity index (χ2v) is 5.57. The van der Waals surface area contributed by atoms with Crippen LogP contribution >= 0.6 is 0 Å². The SMILES string of the molecule is CCNC(CCN1CCCc2ccccc2C1)C(=O)OC. The van der Waals surface area contributed by atoms with Crippen molar-refractivity contribution >= 4 is 5.97 Å². The monoisotopic (exact) mass is 290 g/mol. The summed E-state index contributed by atoms with van der Waals surface area (Å²) in [7, 11) is 1.45. The summed E-state index contributed by atoms with van der Waals surface area (Å²) in [4.78, 5) is 14.2. The maximum Gasteiger partial charge on any atom is 0.322 e. The van der Waals surface area contributed by atoms with Crippen LogP contribution in [0.25, 0.3) is 0 Å². The molecule has 1 aliphatic heterocycles. The molecule has 1 unspecified atom stereocenters. The predicted octanol–water partition coefficient (Wildman–Crippen LogP) is 1.98. The number of nitrogens with one attached hydrogen (secondary N) is 1. The molecule has 0 radical (unpaired) electrons. The first-order valence-electron chi connectivity index (χ1n) is 7.85. The smallest absolute Gasteiger partial charge is 0.322 e. The standard InChI is InChI=1S/C17H26N2O2/c1-3-18-16(17(20)21-2)10-12-19-11-6-9-14-7-4-5-8-15(14)13-19/h4-5,7-8,16,18H,3,6,9-13H2,1-2H3. The van der Waals surface area contributed by atoms with Gasteiger partial charge in [-0.3, -0.25) is 9.69 Å². The maximum absolute atomic E-state index is 11.7. The highest BCUT2D eigenvalue weighted by Gasteiger charge is 2.20. The molecule has 1 N–H and O–H groups in total. The lowest BCUT2D eigenvalue weighted by atomic mass is 10.0. The van der Waals surface area contributed by atoms with Crippen molar-refractivity contribution in [2.24, 2.45) is 0 Å². The lowest BCUT2D eigenvalue weighted by molar-refractivity contribution is -0.143. The first-order valence-corrected chi connectivity index (χ1v) is 7.85. The molecular formula is C17H26N2O2. The molecule has 0 saturated heterocycles. The Labute approximate surface area is 127 Å². The van der Waals surface area contributed by atoms with Crippen LogP contribution in [0.4, 0.5) is 0 Å². The molecule has 4 heteroatoms. The van der Waals surface area contributed by atoms with Crippen LogP contribution in [0.2, 0.25) is 0 Å². The topological polar surface area (TPSA) is 41.6 Å². The van der Waals surface area contributed by atoms with E-state index >= 15 is 0 Å². The molecule has 0 saturated carbocycles. The van der Waals surface area contributed by atoms with E-state index in [0.29, 0.717) is 0 Å². The number of carbonyl (C=O) groups excluding carboxylic acids is 1. The van der Waals surface area contributed by atoms with E-state index in [1.54, 1.807) is 0 Å². The van der Waals surface area contributed by atoms with Crippen molar-refractivity contribution in [1.29, 1.82) is 0 Å². The number of fused-ring (bicyclic) bond motifs is 1. The first-order chi connectivity index (χ1) is 10.2. The number of likely N-dealkylation sites (N-methyl/N-ethyl adjacent to an activating group) is 1. The molecule has 1 aromatic carbocycles. The summed E-state index contributed by atoms with van der Waals surface area (Å²) in [6.45, 7) is 5.78. The fraction of sp³-hybridized carbons (Fsp3) is 0.588. The Bertz CT molecular complexity index is 462. The molecule has 116 valence electrons. The van der Waals surface area contributed by atoms with Crippen molar-refractivity contribution in [3.63, 3.8) is 0 Å². The number of rotatable bonds is 6. The van der Waals surface area contributed by atoms with Crippen LogP contribution in [-0.2, 0) is 22.5 Å². The fourth-order valence-corrected chi connectivity index (χ4v) is 2.96. The zero-order valence-corrected chi connectivity index (χ0v) is 13.1. The highest BCUT2D eigenvalue weighted by atomic mass is 16.5. The van der Waals surface area contributed by atoms with E-state index in [9.17, 15) is 4.79 Å². The third-order valence-electron chi connectivity index (χ3n) is 4.10. The highest BCUT2D eigenvalue weighted by Crippen LogP contribution is 2.18. The second kappa shape index (κ2) is 8.15. The lowest BCUT2D eigenvalue weighted by Gasteiger charge is -2.23. The summed E-state index contributed by atoms with van der Waals surface area (Å²) in [6, 6.07) is 8.48. The van der Waals surface area contributed by atoms with E-state index in [1.165, 1.54) is 24.7 Å². The molecule has 0 aliphatic carbocycles. The molecule has 0 spiro atoms. The van der Waals surface area contributed by atoms with Gasteiger partial charge in [0.2, 0.25) is 0 Å². The van der Waals surface area contributed by atoms with E-state index in [0.717, 1.165) is 39.0 Å². The molecule has 0 bridgehead atoms. The van der Waals surface area contributed by atoms with Crippen LogP contribution in [0.1, 0.15) is 30.9 Å². The normalized spacial score (nSPS) is 16.9. The zero-order chi connectivity index (χ0) is 15.1. The fourth-order valence-electron chi connectivity index (χ4n) is 2.96. The lowest BCUT2D eigenvalue weighted by Crippen LogP contribution is -2.40. The molecule has 0 aromatic heterocycles. The summed E-state index contributed by atoms with van der Waals surface area (Å²) in [5.41, 5.74) is 2.89. The van der Waals surface area contributed by atoms with E-state index in [4.69, 9.17) is 4.74 Å². The second-order valence-electron chi connectivity index (χ2n) is 5.57. The molecule has 4 nitrogen and oxygen atoms in total. The Morgan fingerprint density at radius 2 is 2.14 bits per heavy atom.